The van der Waals surface area contributed by atoms with Gasteiger partial charge in [0.2, 0.25) is 0 Å². The molecule has 2 N–H and O–H groups in total. The molecule has 1 aliphatic rings. The SMILES string of the molecule is Cc1ccc(C(C(C)N)N2CCCSCC2)o1. The van der Waals surface area contributed by atoms with Gasteiger partial charge >= 0.3 is 0 Å². The van der Waals surface area contributed by atoms with E-state index in [2.05, 4.69) is 17.9 Å². The maximum atomic E-state index is 6.15. The fourth-order valence-corrected chi connectivity index (χ4v) is 3.33. The van der Waals surface area contributed by atoms with Gasteiger partial charge in [-0.15, -0.1) is 0 Å². The molecule has 2 atom stereocenters. The van der Waals surface area contributed by atoms with Gasteiger partial charge < -0.3 is 10.2 Å². The van der Waals surface area contributed by atoms with Gasteiger partial charge in [0, 0.05) is 18.3 Å². The van der Waals surface area contributed by atoms with Crippen LogP contribution in [0, 0.1) is 6.92 Å². The molecular formula is C13H22N2OS. The van der Waals surface area contributed by atoms with Crippen molar-refractivity contribution in [2.45, 2.75) is 32.4 Å². The molecule has 1 fully saturated rings. The highest BCUT2D eigenvalue weighted by Gasteiger charge is 2.27. The molecule has 0 aromatic carbocycles. The molecule has 2 rings (SSSR count). The summed E-state index contributed by atoms with van der Waals surface area (Å²) in [5.41, 5.74) is 6.15. The summed E-state index contributed by atoms with van der Waals surface area (Å²) >= 11 is 2.04. The van der Waals surface area contributed by atoms with Crippen molar-refractivity contribution in [3.8, 4) is 0 Å². The summed E-state index contributed by atoms with van der Waals surface area (Å²) in [6.07, 6.45) is 1.24. The minimum absolute atomic E-state index is 0.101. The quantitative estimate of drug-likeness (QED) is 0.899. The van der Waals surface area contributed by atoms with E-state index in [0.717, 1.165) is 24.6 Å². The lowest BCUT2D eigenvalue weighted by atomic mass is 10.1. The Kier molecular flexibility index (Phi) is 4.54. The topological polar surface area (TPSA) is 42.4 Å². The van der Waals surface area contributed by atoms with Gasteiger partial charge in [-0.25, -0.2) is 0 Å². The fourth-order valence-electron chi connectivity index (χ4n) is 2.43. The number of rotatable bonds is 3. The van der Waals surface area contributed by atoms with Crippen molar-refractivity contribution in [1.29, 1.82) is 0 Å². The number of furan rings is 1. The van der Waals surface area contributed by atoms with E-state index < -0.39 is 0 Å². The van der Waals surface area contributed by atoms with Crippen molar-refractivity contribution in [3.63, 3.8) is 0 Å². The third kappa shape index (κ3) is 3.27. The summed E-state index contributed by atoms with van der Waals surface area (Å²) in [6.45, 7) is 6.29. The Morgan fingerprint density at radius 3 is 2.82 bits per heavy atom. The fraction of sp³-hybridized carbons (Fsp3) is 0.692. The molecule has 17 heavy (non-hydrogen) atoms. The predicted molar refractivity (Wildman–Crippen MR) is 73.4 cm³/mol. The number of hydrogen-bond acceptors (Lipinski definition) is 4. The first-order chi connectivity index (χ1) is 8.18. The average molecular weight is 254 g/mol. The summed E-state index contributed by atoms with van der Waals surface area (Å²) in [4.78, 5) is 2.48. The molecule has 1 aromatic heterocycles. The Labute approximate surface area is 108 Å². The number of thioether (sulfide) groups is 1. The van der Waals surface area contributed by atoms with Crippen LogP contribution in [0.2, 0.25) is 0 Å². The van der Waals surface area contributed by atoms with Crippen LogP contribution in [0.1, 0.15) is 30.9 Å². The molecule has 0 amide bonds. The van der Waals surface area contributed by atoms with Gasteiger partial charge in [-0.3, -0.25) is 4.90 Å². The van der Waals surface area contributed by atoms with Gasteiger partial charge in [0.25, 0.3) is 0 Å². The van der Waals surface area contributed by atoms with Crippen molar-refractivity contribution < 1.29 is 4.42 Å². The van der Waals surface area contributed by atoms with E-state index in [1.807, 2.05) is 24.8 Å². The normalized spacial score (nSPS) is 22.1. The van der Waals surface area contributed by atoms with Crippen molar-refractivity contribution in [3.05, 3.63) is 23.7 Å². The zero-order valence-electron chi connectivity index (χ0n) is 10.7. The highest BCUT2D eigenvalue weighted by atomic mass is 32.2. The molecule has 1 aromatic rings. The lowest BCUT2D eigenvalue weighted by Gasteiger charge is -2.31. The van der Waals surface area contributed by atoms with E-state index in [0.29, 0.717) is 0 Å². The van der Waals surface area contributed by atoms with E-state index in [4.69, 9.17) is 10.2 Å². The lowest BCUT2D eigenvalue weighted by Crippen LogP contribution is -2.40. The first-order valence-electron chi connectivity index (χ1n) is 6.32. The molecule has 1 saturated heterocycles. The Bertz CT molecular complexity index is 343. The highest BCUT2D eigenvalue weighted by Crippen LogP contribution is 2.27. The first kappa shape index (κ1) is 13.0. The van der Waals surface area contributed by atoms with Crippen LogP contribution in [0.4, 0.5) is 0 Å². The maximum Gasteiger partial charge on any atom is 0.122 e. The first-order valence-corrected chi connectivity index (χ1v) is 7.47. The number of nitrogens with two attached hydrogens (primary N) is 1. The van der Waals surface area contributed by atoms with Crippen LogP contribution >= 0.6 is 11.8 Å². The van der Waals surface area contributed by atoms with Crippen LogP contribution in [0.15, 0.2) is 16.5 Å². The van der Waals surface area contributed by atoms with Crippen LogP contribution in [-0.4, -0.2) is 35.5 Å². The highest BCUT2D eigenvalue weighted by molar-refractivity contribution is 7.99. The summed E-state index contributed by atoms with van der Waals surface area (Å²) in [6, 6.07) is 4.42. The molecule has 2 unspecified atom stereocenters. The minimum atomic E-state index is 0.101. The van der Waals surface area contributed by atoms with E-state index in [-0.39, 0.29) is 12.1 Å². The molecule has 1 aliphatic heterocycles. The molecule has 4 heteroatoms. The molecule has 0 bridgehead atoms. The predicted octanol–water partition coefficient (Wildman–Crippen LogP) is 2.42. The summed E-state index contributed by atoms with van der Waals surface area (Å²) in [5, 5.41) is 0. The van der Waals surface area contributed by atoms with Gasteiger partial charge in [-0.2, -0.15) is 11.8 Å². The Balaban J connectivity index is 2.15. The standard InChI is InChI=1S/C13H22N2OS/c1-10-4-5-12(16-10)13(11(2)14)15-6-3-8-17-9-7-15/h4-5,11,13H,3,6-9,14H2,1-2H3. The van der Waals surface area contributed by atoms with Crippen molar-refractivity contribution >= 4 is 11.8 Å². The van der Waals surface area contributed by atoms with Gasteiger partial charge in [-0.1, -0.05) is 0 Å². The second kappa shape index (κ2) is 5.94. The second-order valence-electron chi connectivity index (χ2n) is 4.75. The number of aryl methyl sites for hydroxylation is 1. The van der Waals surface area contributed by atoms with Crippen molar-refractivity contribution in [1.82, 2.24) is 4.90 Å². The average Bonchev–Trinajstić information content (AvgIpc) is 2.53. The molecule has 0 radical (unpaired) electrons. The van der Waals surface area contributed by atoms with Crippen molar-refractivity contribution in [2.24, 2.45) is 5.73 Å². The Hall–Kier alpha value is -0.450. The number of hydrogen-bond donors (Lipinski definition) is 1. The third-order valence-corrected chi connectivity index (χ3v) is 4.25. The van der Waals surface area contributed by atoms with Gasteiger partial charge in [0.1, 0.15) is 11.5 Å². The van der Waals surface area contributed by atoms with Crippen LogP contribution in [0.5, 0.6) is 0 Å². The minimum Gasteiger partial charge on any atom is -0.465 e. The van der Waals surface area contributed by atoms with Crippen molar-refractivity contribution in [2.75, 3.05) is 24.6 Å². The molecule has 0 saturated carbocycles. The Morgan fingerprint density at radius 2 is 2.18 bits per heavy atom. The maximum absolute atomic E-state index is 6.15. The largest absolute Gasteiger partial charge is 0.465 e. The summed E-state index contributed by atoms with van der Waals surface area (Å²) < 4.78 is 5.77. The van der Waals surface area contributed by atoms with E-state index in [1.165, 1.54) is 17.9 Å². The molecule has 0 aliphatic carbocycles. The Morgan fingerprint density at radius 1 is 1.35 bits per heavy atom. The summed E-state index contributed by atoms with van der Waals surface area (Å²) in [7, 11) is 0. The third-order valence-electron chi connectivity index (χ3n) is 3.20. The zero-order chi connectivity index (χ0) is 12.3. The number of nitrogens with zero attached hydrogens (tertiary/aromatic N) is 1. The van der Waals surface area contributed by atoms with Gasteiger partial charge in [0.05, 0.1) is 6.04 Å². The monoisotopic (exact) mass is 254 g/mol. The van der Waals surface area contributed by atoms with Crippen LogP contribution in [0.25, 0.3) is 0 Å². The van der Waals surface area contributed by atoms with E-state index >= 15 is 0 Å². The van der Waals surface area contributed by atoms with Gasteiger partial charge in [0.15, 0.2) is 0 Å². The van der Waals surface area contributed by atoms with E-state index in [9.17, 15) is 0 Å². The molecule has 2 heterocycles. The van der Waals surface area contributed by atoms with Crippen LogP contribution in [0.3, 0.4) is 0 Å². The molecule has 3 nitrogen and oxygen atoms in total. The van der Waals surface area contributed by atoms with E-state index in [1.54, 1.807) is 0 Å². The molecular weight excluding hydrogens is 232 g/mol. The lowest BCUT2D eigenvalue weighted by molar-refractivity contribution is 0.165. The van der Waals surface area contributed by atoms with Crippen LogP contribution < -0.4 is 5.73 Å². The molecule has 96 valence electrons. The van der Waals surface area contributed by atoms with Gasteiger partial charge in [-0.05, 0) is 44.7 Å². The van der Waals surface area contributed by atoms with Crippen LogP contribution in [-0.2, 0) is 0 Å². The summed E-state index contributed by atoms with van der Waals surface area (Å²) in [5.74, 6) is 4.45. The zero-order valence-corrected chi connectivity index (χ0v) is 11.5. The second-order valence-corrected chi connectivity index (χ2v) is 5.98. The molecule has 0 spiro atoms. The smallest absolute Gasteiger partial charge is 0.122 e.